The molecular weight excluding hydrogens is 435 g/mol. The van der Waals surface area contributed by atoms with Crippen molar-refractivity contribution in [1.82, 2.24) is 0 Å². The zero-order chi connectivity index (χ0) is 18.1. The van der Waals surface area contributed by atoms with Gasteiger partial charge in [0.1, 0.15) is 0 Å². The zero-order valence-electron chi connectivity index (χ0n) is 11.6. The molecule has 0 aromatic heterocycles. The molecule has 6 nitrogen and oxygen atoms in total. The molecule has 0 fully saturated rings. The molecule has 0 heterocycles. The summed E-state index contributed by atoms with van der Waals surface area (Å²) >= 11 is 11.6. The molecule has 0 atom stereocenters. The Labute approximate surface area is 157 Å². The molecule has 0 unspecified atom stereocenters. The largest absolute Gasteiger partial charge is 0.239 e. The average Bonchev–Trinajstić information content (AvgIpc) is 2.45. The Hall–Kier alpha value is -0.460. The van der Waals surface area contributed by atoms with Crippen LogP contribution in [0.4, 0.5) is 0 Å². The SMILES string of the molecule is NS(=O)(=O)c1cc(Cl)ccc1SSc1ccc(Cl)cc1S(N)(=O)=O. The molecule has 2 rings (SSSR count). The molecule has 0 radical (unpaired) electrons. The van der Waals surface area contributed by atoms with E-state index in [1.807, 2.05) is 0 Å². The molecule has 0 spiro atoms. The summed E-state index contributed by atoms with van der Waals surface area (Å²) in [6.45, 7) is 0. The Morgan fingerprint density at radius 2 is 1.04 bits per heavy atom. The zero-order valence-corrected chi connectivity index (χ0v) is 16.4. The number of rotatable bonds is 5. The van der Waals surface area contributed by atoms with E-state index in [2.05, 4.69) is 0 Å². The highest BCUT2D eigenvalue weighted by molar-refractivity contribution is 8.76. The predicted octanol–water partition coefficient (Wildman–Crippen LogP) is 3.09. The second kappa shape index (κ2) is 7.42. The first-order chi connectivity index (χ1) is 11.0. The Bertz CT molecular complexity index is 913. The second-order valence-electron chi connectivity index (χ2n) is 4.44. The Kier molecular flexibility index (Phi) is 6.14. The Morgan fingerprint density at radius 3 is 1.33 bits per heavy atom. The number of primary sulfonamides is 2. The lowest BCUT2D eigenvalue weighted by atomic mass is 10.4. The van der Waals surface area contributed by atoms with Gasteiger partial charge >= 0.3 is 0 Å². The Balaban J connectivity index is 2.40. The molecule has 4 N–H and O–H groups in total. The van der Waals surface area contributed by atoms with Gasteiger partial charge in [-0.25, -0.2) is 27.1 Å². The van der Waals surface area contributed by atoms with Crippen LogP contribution in [-0.2, 0) is 20.0 Å². The van der Waals surface area contributed by atoms with Crippen molar-refractivity contribution >= 4 is 64.8 Å². The number of sulfonamides is 2. The van der Waals surface area contributed by atoms with Crippen molar-refractivity contribution in [2.75, 3.05) is 0 Å². The van der Waals surface area contributed by atoms with E-state index in [9.17, 15) is 16.8 Å². The number of hydrogen-bond acceptors (Lipinski definition) is 6. The number of nitrogens with two attached hydrogens (primary N) is 2. The molecule has 0 saturated heterocycles. The average molecular weight is 445 g/mol. The van der Waals surface area contributed by atoms with Crippen LogP contribution in [0.2, 0.25) is 10.0 Å². The van der Waals surface area contributed by atoms with Crippen molar-refractivity contribution in [3.8, 4) is 0 Å². The minimum Gasteiger partial charge on any atom is -0.225 e. The molecule has 0 amide bonds. The van der Waals surface area contributed by atoms with Crippen molar-refractivity contribution < 1.29 is 16.8 Å². The fourth-order valence-corrected chi connectivity index (χ4v) is 6.77. The van der Waals surface area contributed by atoms with Gasteiger partial charge in [-0.15, -0.1) is 0 Å². The van der Waals surface area contributed by atoms with E-state index < -0.39 is 20.0 Å². The predicted molar refractivity (Wildman–Crippen MR) is 97.4 cm³/mol. The van der Waals surface area contributed by atoms with Gasteiger partial charge in [-0.05, 0) is 36.4 Å². The van der Waals surface area contributed by atoms with Crippen LogP contribution in [0, 0.1) is 0 Å². The van der Waals surface area contributed by atoms with Crippen LogP contribution in [0.3, 0.4) is 0 Å². The summed E-state index contributed by atoms with van der Waals surface area (Å²) in [5.74, 6) is 0. The molecule has 130 valence electrons. The fraction of sp³-hybridized carbons (Fsp3) is 0. The van der Waals surface area contributed by atoms with Crippen LogP contribution in [0.5, 0.6) is 0 Å². The molecule has 0 saturated carbocycles. The van der Waals surface area contributed by atoms with Crippen LogP contribution in [0.25, 0.3) is 0 Å². The number of benzene rings is 2. The molecule has 2 aromatic rings. The lowest BCUT2D eigenvalue weighted by Gasteiger charge is -2.10. The van der Waals surface area contributed by atoms with E-state index in [1.54, 1.807) is 0 Å². The van der Waals surface area contributed by atoms with E-state index in [-0.39, 0.29) is 19.8 Å². The summed E-state index contributed by atoms with van der Waals surface area (Å²) in [5.41, 5.74) is 0. The summed E-state index contributed by atoms with van der Waals surface area (Å²) in [7, 11) is -5.96. The van der Waals surface area contributed by atoms with Crippen molar-refractivity contribution in [2.24, 2.45) is 10.3 Å². The van der Waals surface area contributed by atoms with Crippen LogP contribution in [-0.4, -0.2) is 16.8 Å². The van der Waals surface area contributed by atoms with Crippen LogP contribution in [0.1, 0.15) is 0 Å². The highest BCUT2D eigenvalue weighted by atomic mass is 35.5. The first-order valence-electron chi connectivity index (χ1n) is 5.98. The van der Waals surface area contributed by atoms with Crippen LogP contribution < -0.4 is 10.3 Å². The van der Waals surface area contributed by atoms with Gasteiger partial charge in [-0.1, -0.05) is 44.8 Å². The van der Waals surface area contributed by atoms with E-state index >= 15 is 0 Å². The third kappa shape index (κ3) is 5.02. The molecule has 24 heavy (non-hydrogen) atoms. The van der Waals surface area contributed by atoms with Crippen LogP contribution >= 0.6 is 44.8 Å². The first-order valence-corrected chi connectivity index (χ1v) is 12.0. The van der Waals surface area contributed by atoms with Gasteiger partial charge < -0.3 is 0 Å². The van der Waals surface area contributed by atoms with Crippen molar-refractivity contribution in [3.63, 3.8) is 0 Å². The first kappa shape index (κ1) is 19.9. The third-order valence-electron chi connectivity index (χ3n) is 2.65. The molecule has 0 aliphatic heterocycles. The summed E-state index contributed by atoms with van der Waals surface area (Å²) in [6.07, 6.45) is 0. The van der Waals surface area contributed by atoms with E-state index in [0.29, 0.717) is 9.79 Å². The van der Waals surface area contributed by atoms with Gasteiger partial charge in [0.2, 0.25) is 20.0 Å². The maximum Gasteiger partial charge on any atom is 0.239 e. The standard InChI is InChI=1S/C12H10Cl2N2O4S4/c13-7-1-3-9(11(5-7)23(15,17)18)21-22-10-4-2-8(14)6-12(10)24(16,19)20/h1-6H,(H2,15,17,18)(H2,16,19,20). The molecule has 12 heteroatoms. The van der Waals surface area contributed by atoms with E-state index in [0.717, 1.165) is 21.6 Å². The quantitative estimate of drug-likeness (QED) is 0.683. The summed E-state index contributed by atoms with van der Waals surface area (Å²) in [5, 5.41) is 10.8. The maximum absolute atomic E-state index is 11.7. The smallest absolute Gasteiger partial charge is 0.225 e. The fourth-order valence-electron chi connectivity index (χ4n) is 1.64. The van der Waals surface area contributed by atoms with Gasteiger partial charge in [-0.2, -0.15) is 0 Å². The topological polar surface area (TPSA) is 120 Å². The summed E-state index contributed by atoms with van der Waals surface area (Å²) in [4.78, 5) is 0.307. The molecule has 0 aliphatic carbocycles. The monoisotopic (exact) mass is 444 g/mol. The van der Waals surface area contributed by atoms with E-state index in [4.69, 9.17) is 33.5 Å². The summed E-state index contributed by atoms with van der Waals surface area (Å²) < 4.78 is 46.6. The number of halogens is 2. The van der Waals surface area contributed by atoms with Gasteiger partial charge in [-0.3, -0.25) is 0 Å². The lowest BCUT2D eigenvalue weighted by molar-refractivity contribution is 0.594. The van der Waals surface area contributed by atoms with Gasteiger partial charge in [0.05, 0.1) is 9.79 Å². The molecule has 0 bridgehead atoms. The van der Waals surface area contributed by atoms with Crippen LogP contribution in [0.15, 0.2) is 56.0 Å². The van der Waals surface area contributed by atoms with Gasteiger partial charge in [0.15, 0.2) is 0 Å². The maximum atomic E-state index is 11.7. The number of hydrogen-bond donors (Lipinski definition) is 2. The minimum atomic E-state index is -3.99. The highest BCUT2D eigenvalue weighted by Gasteiger charge is 2.19. The molecule has 0 aliphatic rings. The van der Waals surface area contributed by atoms with Crippen molar-refractivity contribution in [3.05, 3.63) is 46.4 Å². The normalized spacial score (nSPS) is 12.3. The molecular formula is C12H10Cl2N2O4S4. The van der Waals surface area contributed by atoms with E-state index in [1.165, 1.54) is 36.4 Å². The highest BCUT2D eigenvalue weighted by Crippen LogP contribution is 2.43. The third-order valence-corrected chi connectivity index (χ3v) is 7.76. The second-order valence-corrected chi connectivity index (χ2v) is 10.6. The van der Waals surface area contributed by atoms with Gasteiger partial charge in [0, 0.05) is 19.8 Å². The summed E-state index contributed by atoms with van der Waals surface area (Å²) in [6, 6.07) is 8.41. The minimum absolute atomic E-state index is 0.154. The van der Waals surface area contributed by atoms with Crippen molar-refractivity contribution in [1.29, 1.82) is 0 Å². The Morgan fingerprint density at radius 1 is 0.708 bits per heavy atom. The van der Waals surface area contributed by atoms with Gasteiger partial charge in [0.25, 0.3) is 0 Å². The lowest BCUT2D eigenvalue weighted by Crippen LogP contribution is -2.13. The van der Waals surface area contributed by atoms with Crippen molar-refractivity contribution in [2.45, 2.75) is 19.6 Å². The molecule has 2 aromatic carbocycles.